The highest BCUT2D eigenvalue weighted by atomic mass is 79.9. The predicted molar refractivity (Wildman–Crippen MR) is 83.1 cm³/mol. The van der Waals surface area contributed by atoms with Crippen molar-refractivity contribution in [1.82, 2.24) is 0 Å². The van der Waals surface area contributed by atoms with Gasteiger partial charge in [-0.1, -0.05) is 65.7 Å². The maximum atomic E-state index is 13.2. The van der Waals surface area contributed by atoms with E-state index in [2.05, 4.69) is 15.9 Å². The third kappa shape index (κ3) is 3.47. The number of hydrogen-bond acceptors (Lipinski definition) is 1. The zero-order valence-corrected chi connectivity index (χ0v) is 13.0. The molecule has 0 heterocycles. The zero-order valence-electron chi connectivity index (χ0n) is 11.4. The van der Waals surface area contributed by atoms with Crippen molar-refractivity contribution >= 4 is 15.9 Å². The van der Waals surface area contributed by atoms with Crippen LogP contribution in [0.4, 0.5) is 4.39 Å². The molecule has 0 saturated carbocycles. The van der Waals surface area contributed by atoms with Crippen molar-refractivity contribution in [3.05, 3.63) is 69.9 Å². The molecule has 20 heavy (non-hydrogen) atoms. The van der Waals surface area contributed by atoms with Gasteiger partial charge in [-0.05, 0) is 29.7 Å². The standard InChI is InChI=1S/C17H18BrFO/c1-2-10-17(20,14-6-4-3-5-7-14)12-13-8-9-15(19)11-16(13)18/h3-9,11,20H,2,10,12H2,1H3. The van der Waals surface area contributed by atoms with Crippen LogP contribution < -0.4 is 0 Å². The van der Waals surface area contributed by atoms with Gasteiger partial charge in [0.25, 0.3) is 0 Å². The van der Waals surface area contributed by atoms with Crippen molar-refractivity contribution in [2.45, 2.75) is 31.8 Å². The van der Waals surface area contributed by atoms with E-state index in [0.29, 0.717) is 17.3 Å². The molecule has 0 aliphatic heterocycles. The van der Waals surface area contributed by atoms with Crippen LogP contribution in [0, 0.1) is 5.82 Å². The van der Waals surface area contributed by atoms with E-state index in [4.69, 9.17) is 0 Å². The Balaban J connectivity index is 2.34. The van der Waals surface area contributed by atoms with Gasteiger partial charge < -0.3 is 5.11 Å². The molecule has 106 valence electrons. The second-order valence-corrected chi connectivity index (χ2v) is 5.91. The first-order valence-corrected chi connectivity index (χ1v) is 7.56. The Hall–Kier alpha value is -1.19. The first kappa shape index (κ1) is 15.2. The number of aliphatic hydroxyl groups is 1. The summed E-state index contributed by atoms with van der Waals surface area (Å²) in [5.74, 6) is -0.278. The van der Waals surface area contributed by atoms with Crippen LogP contribution in [0.1, 0.15) is 30.9 Å². The maximum absolute atomic E-state index is 13.2. The number of rotatable bonds is 5. The molecule has 2 rings (SSSR count). The third-order valence-electron chi connectivity index (χ3n) is 3.47. The van der Waals surface area contributed by atoms with E-state index in [-0.39, 0.29) is 5.82 Å². The molecular formula is C17H18BrFO. The fourth-order valence-electron chi connectivity index (χ4n) is 2.48. The Kier molecular flexibility index (Phi) is 4.95. The summed E-state index contributed by atoms with van der Waals surface area (Å²) in [6, 6.07) is 14.3. The molecule has 1 nitrogen and oxygen atoms in total. The van der Waals surface area contributed by atoms with Crippen LogP contribution >= 0.6 is 15.9 Å². The average Bonchev–Trinajstić information content (AvgIpc) is 2.43. The topological polar surface area (TPSA) is 20.2 Å². The summed E-state index contributed by atoms with van der Waals surface area (Å²) in [6.45, 7) is 2.05. The first-order chi connectivity index (χ1) is 9.55. The molecule has 1 unspecified atom stereocenters. The number of hydrogen-bond donors (Lipinski definition) is 1. The molecule has 3 heteroatoms. The lowest BCUT2D eigenvalue weighted by atomic mass is 9.84. The fourth-order valence-corrected chi connectivity index (χ4v) is 2.97. The maximum Gasteiger partial charge on any atom is 0.124 e. The van der Waals surface area contributed by atoms with E-state index in [1.54, 1.807) is 6.07 Å². The lowest BCUT2D eigenvalue weighted by Gasteiger charge is -2.29. The van der Waals surface area contributed by atoms with Crippen molar-refractivity contribution < 1.29 is 9.50 Å². The molecule has 0 aliphatic carbocycles. The molecular weight excluding hydrogens is 319 g/mol. The van der Waals surface area contributed by atoms with Crippen molar-refractivity contribution in [2.24, 2.45) is 0 Å². The summed E-state index contributed by atoms with van der Waals surface area (Å²) in [5.41, 5.74) is 0.889. The van der Waals surface area contributed by atoms with Crippen molar-refractivity contribution in [3.8, 4) is 0 Å². The molecule has 0 aliphatic rings. The number of halogens is 2. The quantitative estimate of drug-likeness (QED) is 0.829. The van der Waals surface area contributed by atoms with Gasteiger partial charge in [0.2, 0.25) is 0 Å². The van der Waals surface area contributed by atoms with Gasteiger partial charge in [-0.2, -0.15) is 0 Å². The van der Waals surface area contributed by atoms with Crippen molar-refractivity contribution in [2.75, 3.05) is 0 Å². The van der Waals surface area contributed by atoms with Gasteiger partial charge in [0.1, 0.15) is 5.82 Å². The Morgan fingerprint density at radius 1 is 1.15 bits per heavy atom. The van der Waals surface area contributed by atoms with Gasteiger partial charge in [0.15, 0.2) is 0 Å². The monoisotopic (exact) mass is 336 g/mol. The Labute approximate surface area is 127 Å². The molecule has 0 saturated heterocycles. The van der Waals surface area contributed by atoms with Gasteiger partial charge in [0, 0.05) is 10.9 Å². The molecule has 0 amide bonds. The second-order valence-electron chi connectivity index (χ2n) is 5.06. The van der Waals surface area contributed by atoms with Gasteiger partial charge in [-0.25, -0.2) is 4.39 Å². The molecule has 0 fully saturated rings. The summed E-state index contributed by atoms with van der Waals surface area (Å²) < 4.78 is 13.9. The van der Waals surface area contributed by atoms with E-state index >= 15 is 0 Å². The molecule has 0 bridgehead atoms. The van der Waals surface area contributed by atoms with Crippen LogP contribution in [0.25, 0.3) is 0 Å². The van der Waals surface area contributed by atoms with Crippen LogP contribution in [0.15, 0.2) is 53.0 Å². The Bertz CT molecular complexity index is 570. The molecule has 1 atom stereocenters. The van der Waals surface area contributed by atoms with Gasteiger partial charge >= 0.3 is 0 Å². The Morgan fingerprint density at radius 3 is 2.45 bits per heavy atom. The van der Waals surface area contributed by atoms with E-state index in [9.17, 15) is 9.50 Å². The van der Waals surface area contributed by atoms with E-state index < -0.39 is 5.60 Å². The molecule has 2 aromatic carbocycles. The molecule has 1 N–H and O–H groups in total. The summed E-state index contributed by atoms with van der Waals surface area (Å²) in [5, 5.41) is 11.0. The summed E-state index contributed by atoms with van der Waals surface area (Å²) in [7, 11) is 0. The van der Waals surface area contributed by atoms with E-state index in [1.165, 1.54) is 12.1 Å². The summed E-state index contributed by atoms with van der Waals surface area (Å²) in [6.07, 6.45) is 2.01. The molecule has 0 aromatic heterocycles. The fraction of sp³-hybridized carbons (Fsp3) is 0.294. The molecule has 0 radical (unpaired) electrons. The van der Waals surface area contributed by atoms with E-state index in [0.717, 1.165) is 17.5 Å². The summed E-state index contributed by atoms with van der Waals surface area (Å²) in [4.78, 5) is 0. The normalized spacial score (nSPS) is 14.0. The van der Waals surface area contributed by atoms with Gasteiger partial charge in [-0.3, -0.25) is 0 Å². The molecule has 0 spiro atoms. The van der Waals surface area contributed by atoms with Crippen LogP contribution in [0.2, 0.25) is 0 Å². The van der Waals surface area contributed by atoms with Gasteiger partial charge in [0.05, 0.1) is 5.60 Å². The molecule has 2 aromatic rings. The highest BCUT2D eigenvalue weighted by molar-refractivity contribution is 9.10. The van der Waals surface area contributed by atoms with E-state index in [1.807, 2.05) is 37.3 Å². The highest BCUT2D eigenvalue weighted by Gasteiger charge is 2.29. The van der Waals surface area contributed by atoms with Gasteiger partial charge in [-0.15, -0.1) is 0 Å². The second kappa shape index (κ2) is 6.51. The minimum Gasteiger partial charge on any atom is -0.385 e. The Morgan fingerprint density at radius 2 is 1.85 bits per heavy atom. The van der Waals surface area contributed by atoms with Crippen LogP contribution in [-0.2, 0) is 12.0 Å². The van der Waals surface area contributed by atoms with Crippen LogP contribution in [-0.4, -0.2) is 5.11 Å². The SMILES string of the molecule is CCCC(O)(Cc1ccc(F)cc1Br)c1ccccc1. The number of benzene rings is 2. The average molecular weight is 337 g/mol. The third-order valence-corrected chi connectivity index (χ3v) is 4.21. The lowest BCUT2D eigenvalue weighted by molar-refractivity contribution is 0.0267. The minimum absolute atomic E-state index is 0.278. The zero-order chi connectivity index (χ0) is 14.6. The van der Waals surface area contributed by atoms with Crippen LogP contribution in [0.3, 0.4) is 0 Å². The summed E-state index contributed by atoms with van der Waals surface area (Å²) >= 11 is 3.37. The predicted octanol–water partition coefficient (Wildman–Crippen LogP) is 4.82. The lowest BCUT2D eigenvalue weighted by Crippen LogP contribution is -2.28. The minimum atomic E-state index is -0.920. The van der Waals surface area contributed by atoms with Crippen LogP contribution in [0.5, 0.6) is 0 Å². The highest BCUT2D eigenvalue weighted by Crippen LogP contribution is 2.33. The largest absolute Gasteiger partial charge is 0.385 e. The van der Waals surface area contributed by atoms with Crippen molar-refractivity contribution in [1.29, 1.82) is 0 Å². The smallest absolute Gasteiger partial charge is 0.124 e. The first-order valence-electron chi connectivity index (χ1n) is 6.77. The van der Waals surface area contributed by atoms with Crippen molar-refractivity contribution in [3.63, 3.8) is 0 Å².